The molecule has 0 saturated carbocycles. The summed E-state index contributed by atoms with van der Waals surface area (Å²) in [6, 6.07) is 10.00. The predicted octanol–water partition coefficient (Wildman–Crippen LogP) is 2.35. The second kappa shape index (κ2) is 6.39. The lowest BCUT2D eigenvalue weighted by molar-refractivity contribution is -0.142. The molecule has 0 bridgehead atoms. The average molecular weight is 298 g/mol. The smallest absolute Gasteiger partial charge is 0.318 e. The molecule has 5 heteroatoms. The Morgan fingerprint density at radius 2 is 1.95 bits per heavy atom. The molecule has 0 saturated heterocycles. The molecule has 0 spiro atoms. The van der Waals surface area contributed by atoms with Crippen LogP contribution in [-0.2, 0) is 10.2 Å². The number of benzene rings is 1. The number of hydrogen-bond donors (Lipinski definition) is 2. The molecule has 1 aromatic carbocycles. The van der Waals surface area contributed by atoms with Gasteiger partial charge in [-0.25, -0.2) is 0 Å². The summed E-state index contributed by atoms with van der Waals surface area (Å²) in [4.78, 5) is 28.0. The van der Waals surface area contributed by atoms with Gasteiger partial charge in [-0.3, -0.25) is 14.6 Å². The van der Waals surface area contributed by atoms with Gasteiger partial charge in [0.15, 0.2) is 0 Å². The first-order valence-corrected chi connectivity index (χ1v) is 7.07. The monoisotopic (exact) mass is 298 g/mol. The standard InChI is InChI=1S/C17H18N2O3/c1-2-9-17(16(21)22,12-6-5-10-19-11-12)14-8-4-3-7-13(14)15(18)20/h3-8,10-11H,2,9H2,1H3,(H2,18,20)(H,21,22). The van der Waals surface area contributed by atoms with Crippen molar-refractivity contribution >= 4 is 11.9 Å². The molecule has 0 fully saturated rings. The van der Waals surface area contributed by atoms with Crippen molar-refractivity contribution in [2.75, 3.05) is 0 Å². The Hall–Kier alpha value is -2.69. The molecule has 1 heterocycles. The van der Waals surface area contributed by atoms with Crippen LogP contribution in [0.3, 0.4) is 0 Å². The van der Waals surface area contributed by atoms with Crippen molar-refractivity contribution in [2.24, 2.45) is 5.73 Å². The van der Waals surface area contributed by atoms with E-state index < -0.39 is 17.3 Å². The van der Waals surface area contributed by atoms with Crippen LogP contribution in [0.5, 0.6) is 0 Å². The number of carboxylic acids is 1. The summed E-state index contributed by atoms with van der Waals surface area (Å²) in [6.07, 6.45) is 4.09. The SMILES string of the molecule is CCCC(C(=O)O)(c1cccnc1)c1ccccc1C(N)=O. The van der Waals surface area contributed by atoms with Crippen LogP contribution < -0.4 is 5.73 Å². The van der Waals surface area contributed by atoms with E-state index in [-0.39, 0.29) is 5.56 Å². The number of rotatable bonds is 6. The zero-order chi connectivity index (χ0) is 16.2. The molecule has 114 valence electrons. The van der Waals surface area contributed by atoms with E-state index >= 15 is 0 Å². The first-order chi connectivity index (χ1) is 10.5. The van der Waals surface area contributed by atoms with Gasteiger partial charge in [0, 0.05) is 18.0 Å². The van der Waals surface area contributed by atoms with E-state index in [1.165, 1.54) is 6.20 Å². The number of carbonyl (C=O) groups is 2. The zero-order valence-corrected chi connectivity index (χ0v) is 12.3. The minimum absolute atomic E-state index is 0.224. The summed E-state index contributed by atoms with van der Waals surface area (Å²) in [6.45, 7) is 1.90. The largest absolute Gasteiger partial charge is 0.480 e. The van der Waals surface area contributed by atoms with Gasteiger partial charge >= 0.3 is 5.97 Å². The zero-order valence-electron chi connectivity index (χ0n) is 12.3. The molecule has 2 rings (SSSR count). The number of pyridine rings is 1. The number of aromatic nitrogens is 1. The van der Waals surface area contributed by atoms with Crippen molar-refractivity contribution in [1.29, 1.82) is 0 Å². The number of nitrogens with two attached hydrogens (primary N) is 1. The second-order valence-electron chi connectivity index (χ2n) is 5.11. The number of hydrogen-bond acceptors (Lipinski definition) is 3. The van der Waals surface area contributed by atoms with Crippen molar-refractivity contribution in [3.8, 4) is 0 Å². The van der Waals surface area contributed by atoms with E-state index in [4.69, 9.17) is 5.73 Å². The molecule has 0 aliphatic rings. The first kappa shape index (κ1) is 15.7. The molecular formula is C17H18N2O3. The average Bonchev–Trinajstić information content (AvgIpc) is 2.53. The molecule has 1 unspecified atom stereocenters. The lowest BCUT2D eigenvalue weighted by atomic mass is 9.70. The van der Waals surface area contributed by atoms with E-state index in [2.05, 4.69) is 4.98 Å². The molecule has 0 radical (unpaired) electrons. The summed E-state index contributed by atoms with van der Waals surface area (Å²) in [5, 5.41) is 9.99. The summed E-state index contributed by atoms with van der Waals surface area (Å²) in [7, 11) is 0. The molecule has 2 aromatic rings. The normalized spacial score (nSPS) is 13.3. The molecule has 0 aliphatic heterocycles. The van der Waals surface area contributed by atoms with Crippen molar-refractivity contribution in [1.82, 2.24) is 4.98 Å². The number of amides is 1. The minimum Gasteiger partial charge on any atom is -0.480 e. The summed E-state index contributed by atoms with van der Waals surface area (Å²) < 4.78 is 0. The van der Waals surface area contributed by atoms with Crippen molar-refractivity contribution in [3.63, 3.8) is 0 Å². The highest BCUT2D eigenvalue weighted by Gasteiger charge is 2.43. The van der Waals surface area contributed by atoms with Crippen LogP contribution in [0.25, 0.3) is 0 Å². The van der Waals surface area contributed by atoms with Gasteiger partial charge in [-0.2, -0.15) is 0 Å². The van der Waals surface area contributed by atoms with Gasteiger partial charge in [-0.15, -0.1) is 0 Å². The van der Waals surface area contributed by atoms with Crippen LogP contribution in [0.15, 0.2) is 48.8 Å². The van der Waals surface area contributed by atoms with Crippen LogP contribution in [0.4, 0.5) is 0 Å². The van der Waals surface area contributed by atoms with Gasteiger partial charge in [0.1, 0.15) is 5.41 Å². The van der Waals surface area contributed by atoms with Crippen LogP contribution >= 0.6 is 0 Å². The number of primary amides is 1. The Kier molecular flexibility index (Phi) is 4.56. The third-order valence-electron chi connectivity index (χ3n) is 3.80. The Morgan fingerprint density at radius 1 is 1.23 bits per heavy atom. The van der Waals surface area contributed by atoms with Crippen molar-refractivity contribution < 1.29 is 14.7 Å². The van der Waals surface area contributed by atoms with E-state index in [1.54, 1.807) is 42.6 Å². The highest BCUT2D eigenvalue weighted by atomic mass is 16.4. The van der Waals surface area contributed by atoms with Gasteiger partial charge in [-0.1, -0.05) is 37.6 Å². The third kappa shape index (κ3) is 2.57. The van der Waals surface area contributed by atoms with Gasteiger partial charge < -0.3 is 10.8 Å². The quantitative estimate of drug-likeness (QED) is 0.856. The van der Waals surface area contributed by atoms with Gasteiger partial charge in [0.05, 0.1) is 0 Å². The maximum atomic E-state index is 12.2. The highest BCUT2D eigenvalue weighted by Crippen LogP contribution is 2.38. The first-order valence-electron chi connectivity index (χ1n) is 7.07. The molecule has 5 nitrogen and oxygen atoms in total. The number of carboxylic acid groups (broad SMARTS) is 1. The van der Waals surface area contributed by atoms with Crippen molar-refractivity contribution in [3.05, 3.63) is 65.5 Å². The number of nitrogens with zero attached hydrogens (tertiary/aromatic N) is 1. The highest BCUT2D eigenvalue weighted by molar-refractivity contribution is 5.98. The summed E-state index contributed by atoms with van der Waals surface area (Å²) >= 11 is 0. The molecular weight excluding hydrogens is 280 g/mol. The van der Waals surface area contributed by atoms with Crippen LogP contribution in [0.1, 0.15) is 41.3 Å². The Labute approximate surface area is 128 Å². The maximum Gasteiger partial charge on any atom is 0.318 e. The summed E-state index contributed by atoms with van der Waals surface area (Å²) in [5.41, 5.74) is 5.27. The minimum atomic E-state index is -1.34. The number of aliphatic carboxylic acids is 1. The molecule has 1 atom stereocenters. The molecule has 1 amide bonds. The van der Waals surface area contributed by atoms with E-state index in [0.29, 0.717) is 24.0 Å². The number of carbonyl (C=O) groups excluding carboxylic acids is 1. The fourth-order valence-electron chi connectivity index (χ4n) is 2.84. The van der Waals surface area contributed by atoms with E-state index in [9.17, 15) is 14.7 Å². The predicted molar refractivity (Wildman–Crippen MR) is 82.5 cm³/mol. The van der Waals surface area contributed by atoms with E-state index in [1.807, 2.05) is 6.92 Å². The van der Waals surface area contributed by atoms with Crippen LogP contribution in [-0.4, -0.2) is 22.0 Å². The van der Waals surface area contributed by atoms with Crippen molar-refractivity contribution in [2.45, 2.75) is 25.2 Å². The molecule has 0 aliphatic carbocycles. The fraction of sp³-hybridized carbons (Fsp3) is 0.235. The van der Waals surface area contributed by atoms with Gasteiger partial charge in [0.25, 0.3) is 0 Å². The van der Waals surface area contributed by atoms with Crippen LogP contribution in [0, 0.1) is 0 Å². The van der Waals surface area contributed by atoms with E-state index in [0.717, 1.165) is 0 Å². The topological polar surface area (TPSA) is 93.3 Å². The Morgan fingerprint density at radius 3 is 2.50 bits per heavy atom. The maximum absolute atomic E-state index is 12.2. The van der Waals surface area contributed by atoms with Gasteiger partial charge in [0.2, 0.25) is 5.91 Å². The molecule has 3 N–H and O–H groups in total. The molecule has 22 heavy (non-hydrogen) atoms. The lowest BCUT2D eigenvalue weighted by Gasteiger charge is -2.31. The van der Waals surface area contributed by atoms with Gasteiger partial charge in [-0.05, 0) is 29.7 Å². The second-order valence-corrected chi connectivity index (χ2v) is 5.11. The Balaban J connectivity index is 2.80. The Bertz CT molecular complexity index is 685. The molecule has 1 aromatic heterocycles. The fourth-order valence-corrected chi connectivity index (χ4v) is 2.84. The summed E-state index contributed by atoms with van der Waals surface area (Å²) in [5.74, 6) is -1.66. The lowest BCUT2D eigenvalue weighted by Crippen LogP contribution is -2.39. The third-order valence-corrected chi connectivity index (χ3v) is 3.80. The van der Waals surface area contributed by atoms with Crippen LogP contribution in [0.2, 0.25) is 0 Å².